The van der Waals surface area contributed by atoms with E-state index in [2.05, 4.69) is 53.1 Å². The average molecular weight is 549 g/mol. The van der Waals surface area contributed by atoms with Gasteiger partial charge in [0.1, 0.15) is 6.10 Å². The Kier molecular flexibility index (Phi) is 6.33. The van der Waals surface area contributed by atoms with E-state index < -0.39 is 11.0 Å². The summed E-state index contributed by atoms with van der Waals surface area (Å²) in [6.45, 7) is 1.77. The summed E-state index contributed by atoms with van der Waals surface area (Å²) in [7, 11) is 3.49. The van der Waals surface area contributed by atoms with Crippen LogP contribution < -0.4 is 9.47 Å². The molecule has 1 saturated heterocycles. The second kappa shape index (κ2) is 9.94. The number of rotatable bonds is 5. The van der Waals surface area contributed by atoms with E-state index in [-0.39, 0.29) is 24.1 Å². The second-order valence-electron chi connectivity index (χ2n) is 11.9. The van der Waals surface area contributed by atoms with E-state index in [0.717, 1.165) is 49.2 Å². The molecule has 1 spiro atoms. The molecule has 4 aliphatic rings. The predicted molar refractivity (Wildman–Crippen MR) is 157 cm³/mol. The molecule has 0 aromatic heterocycles. The Labute approximate surface area is 241 Å². The van der Waals surface area contributed by atoms with Gasteiger partial charge in [-0.3, -0.25) is 9.69 Å². The smallest absolute Gasteiger partial charge is 0.298 e. The fraction of sp³-hybridized carbons (Fsp3) is 0.400. The summed E-state index contributed by atoms with van der Waals surface area (Å²) in [5.74, 6) is 7.06. The lowest BCUT2D eigenvalue weighted by Crippen LogP contribution is -2.78. The SMILES string of the molecule is COc1ccc2c3c1O[C@H]1[C@@H](N(C)C(=O)C#Cc4ccccc4)CC[C@@]4(O)[C@@H](C2)N(CCc2ccccc2)CC[C@]314. The molecular weight excluding hydrogens is 512 g/mol. The summed E-state index contributed by atoms with van der Waals surface area (Å²) < 4.78 is 12.6. The third-order valence-electron chi connectivity index (χ3n) is 10.2. The first-order chi connectivity index (χ1) is 20.0. The molecule has 5 atom stereocenters. The van der Waals surface area contributed by atoms with Crippen LogP contribution in [0.2, 0.25) is 0 Å². The normalized spacial score (nSPS) is 29.0. The van der Waals surface area contributed by atoms with Crippen LogP contribution in [0.4, 0.5) is 0 Å². The number of hydrogen-bond acceptors (Lipinski definition) is 5. The quantitative estimate of drug-likeness (QED) is 0.489. The predicted octanol–water partition coefficient (Wildman–Crippen LogP) is 3.97. The largest absolute Gasteiger partial charge is 0.493 e. The van der Waals surface area contributed by atoms with Gasteiger partial charge >= 0.3 is 0 Å². The van der Waals surface area contributed by atoms with Gasteiger partial charge in [-0.2, -0.15) is 0 Å². The van der Waals surface area contributed by atoms with Crippen molar-refractivity contribution in [3.63, 3.8) is 0 Å². The number of likely N-dealkylation sites (tertiary alicyclic amines) is 1. The van der Waals surface area contributed by atoms with Gasteiger partial charge in [-0.25, -0.2) is 0 Å². The summed E-state index contributed by atoms with van der Waals surface area (Å²) in [6.07, 6.45) is 3.36. The number of amides is 1. The molecule has 7 rings (SSSR count). The molecule has 2 fully saturated rings. The molecule has 1 saturated carbocycles. The van der Waals surface area contributed by atoms with Gasteiger partial charge in [-0.1, -0.05) is 60.5 Å². The van der Waals surface area contributed by atoms with Crippen molar-refractivity contribution >= 4 is 5.91 Å². The van der Waals surface area contributed by atoms with Gasteiger partial charge in [0.05, 0.1) is 24.2 Å². The number of hydrogen-bond donors (Lipinski definition) is 1. The van der Waals surface area contributed by atoms with E-state index >= 15 is 0 Å². The van der Waals surface area contributed by atoms with Crippen LogP contribution in [0.1, 0.15) is 41.5 Å². The standard InChI is InChI=1S/C35H36N2O4/c1-36(30(38)16-13-24-9-5-3-6-10-24)27-17-19-35(39)29-23-26-14-15-28(40-2)32-31(26)34(35,33(27)41-32)20-22-37(29)21-18-25-11-7-4-8-12-25/h3-12,14-15,27,29,33,39H,17-23H2,1-2H3/t27-,29+,33-,34-,35+/m0/s1. The van der Waals surface area contributed by atoms with Crippen molar-refractivity contribution in [1.82, 2.24) is 9.80 Å². The molecule has 6 nitrogen and oxygen atoms in total. The van der Waals surface area contributed by atoms with Crippen LogP contribution in [0.15, 0.2) is 72.8 Å². The topological polar surface area (TPSA) is 62.2 Å². The number of nitrogens with zero attached hydrogens (tertiary/aromatic N) is 2. The summed E-state index contributed by atoms with van der Waals surface area (Å²) in [4.78, 5) is 17.6. The number of aliphatic hydroxyl groups is 1. The summed E-state index contributed by atoms with van der Waals surface area (Å²) >= 11 is 0. The minimum absolute atomic E-state index is 0.0160. The van der Waals surface area contributed by atoms with E-state index in [4.69, 9.17) is 9.47 Å². The van der Waals surface area contributed by atoms with Gasteiger partial charge in [-0.15, -0.1) is 0 Å². The van der Waals surface area contributed by atoms with Crippen molar-refractivity contribution in [2.45, 2.75) is 61.3 Å². The van der Waals surface area contributed by atoms with Crippen LogP contribution in [0.5, 0.6) is 11.5 Å². The summed E-state index contributed by atoms with van der Waals surface area (Å²) in [6, 6.07) is 24.1. The first-order valence-electron chi connectivity index (χ1n) is 14.7. The van der Waals surface area contributed by atoms with E-state index in [9.17, 15) is 9.90 Å². The maximum atomic E-state index is 13.4. The van der Waals surface area contributed by atoms with Crippen LogP contribution in [-0.2, 0) is 23.1 Å². The second-order valence-corrected chi connectivity index (χ2v) is 11.9. The molecule has 2 bridgehead atoms. The molecule has 2 aliphatic carbocycles. The molecule has 210 valence electrons. The summed E-state index contributed by atoms with van der Waals surface area (Å²) in [5, 5.41) is 12.8. The minimum atomic E-state index is -0.965. The zero-order chi connectivity index (χ0) is 28.2. The first kappa shape index (κ1) is 26.1. The van der Waals surface area contributed by atoms with E-state index in [1.165, 1.54) is 11.1 Å². The lowest BCUT2D eigenvalue weighted by Gasteiger charge is -2.64. The molecule has 41 heavy (non-hydrogen) atoms. The average Bonchev–Trinajstić information content (AvgIpc) is 3.35. The molecular formula is C35H36N2O4. The van der Waals surface area contributed by atoms with Crippen molar-refractivity contribution < 1.29 is 19.4 Å². The van der Waals surface area contributed by atoms with Crippen molar-refractivity contribution in [2.75, 3.05) is 27.2 Å². The van der Waals surface area contributed by atoms with Crippen LogP contribution in [0.3, 0.4) is 0 Å². The zero-order valence-corrected chi connectivity index (χ0v) is 23.7. The maximum absolute atomic E-state index is 13.4. The fourth-order valence-electron chi connectivity index (χ4n) is 8.22. The Hall–Kier alpha value is -3.79. The lowest BCUT2D eigenvalue weighted by atomic mass is 9.48. The number of ether oxygens (including phenoxy) is 2. The zero-order valence-electron chi connectivity index (χ0n) is 23.7. The molecule has 1 N–H and O–H groups in total. The van der Waals surface area contributed by atoms with Gasteiger partial charge in [0.2, 0.25) is 0 Å². The maximum Gasteiger partial charge on any atom is 0.298 e. The highest BCUT2D eigenvalue weighted by atomic mass is 16.5. The van der Waals surface area contributed by atoms with Crippen molar-refractivity contribution in [2.24, 2.45) is 0 Å². The number of likely N-dealkylation sites (N-methyl/N-ethyl adjacent to an activating group) is 1. The molecule has 1 amide bonds. The molecule has 0 radical (unpaired) electrons. The minimum Gasteiger partial charge on any atom is -0.493 e. The molecule has 3 aromatic carbocycles. The number of methoxy groups -OCH3 is 1. The van der Waals surface area contributed by atoms with Crippen LogP contribution in [0.25, 0.3) is 0 Å². The van der Waals surface area contributed by atoms with E-state index in [0.29, 0.717) is 18.6 Å². The highest BCUT2D eigenvalue weighted by molar-refractivity contribution is 5.94. The van der Waals surface area contributed by atoms with Crippen molar-refractivity contribution in [3.8, 4) is 23.3 Å². The molecule has 0 unspecified atom stereocenters. The summed E-state index contributed by atoms with van der Waals surface area (Å²) in [5.41, 5.74) is 2.87. The van der Waals surface area contributed by atoms with Crippen LogP contribution >= 0.6 is 0 Å². The lowest BCUT2D eigenvalue weighted by molar-refractivity contribution is -0.199. The number of carbonyl (C=O) groups excluding carboxylic acids is 1. The Morgan fingerprint density at radius 2 is 1.85 bits per heavy atom. The van der Waals surface area contributed by atoms with E-state index in [1.54, 1.807) is 12.0 Å². The Morgan fingerprint density at radius 3 is 2.61 bits per heavy atom. The highest BCUT2D eigenvalue weighted by Crippen LogP contribution is 2.65. The van der Waals surface area contributed by atoms with Crippen molar-refractivity contribution in [1.29, 1.82) is 0 Å². The molecule has 6 heteroatoms. The Bertz CT molecular complexity index is 1530. The monoisotopic (exact) mass is 548 g/mol. The Balaban J connectivity index is 1.24. The van der Waals surface area contributed by atoms with Gasteiger partial charge < -0.3 is 19.5 Å². The molecule has 3 aromatic rings. The van der Waals surface area contributed by atoms with Gasteiger partial charge in [0.15, 0.2) is 11.5 Å². The van der Waals surface area contributed by atoms with E-state index in [1.807, 2.05) is 43.4 Å². The van der Waals surface area contributed by atoms with Crippen LogP contribution in [-0.4, -0.2) is 71.8 Å². The van der Waals surface area contributed by atoms with Gasteiger partial charge in [-0.05, 0) is 68.0 Å². The van der Waals surface area contributed by atoms with Crippen molar-refractivity contribution in [3.05, 3.63) is 95.1 Å². The molecule has 2 heterocycles. The number of benzene rings is 3. The number of piperidine rings is 1. The number of carbonyl (C=O) groups is 1. The van der Waals surface area contributed by atoms with Crippen LogP contribution in [0, 0.1) is 11.8 Å². The highest BCUT2D eigenvalue weighted by Gasteiger charge is 2.73. The Morgan fingerprint density at radius 1 is 1.10 bits per heavy atom. The van der Waals surface area contributed by atoms with Gasteiger partial charge in [0.25, 0.3) is 5.91 Å². The molecule has 2 aliphatic heterocycles. The first-order valence-corrected chi connectivity index (χ1v) is 14.7. The van der Waals surface area contributed by atoms with Gasteiger partial charge in [0, 0.05) is 36.7 Å². The third-order valence-corrected chi connectivity index (χ3v) is 10.2. The fourth-order valence-corrected chi connectivity index (χ4v) is 8.22. The third kappa shape index (κ3) is 3.90.